The minimum atomic E-state index is -4.39. The van der Waals surface area contributed by atoms with Crippen LogP contribution in [0, 0.1) is 11.3 Å². The van der Waals surface area contributed by atoms with Gasteiger partial charge in [-0.3, -0.25) is 4.79 Å². The third kappa shape index (κ3) is 6.86. The number of anilines is 1. The Balaban J connectivity index is 1.91. The number of hydrogen-bond acceptors (Lipinski definition) is 3. The van der Waals surface area contributed by atoms with Gasteiger partial charge in [0, 0.05) is 24.3 Å². The molecule has 0 unspecified atom stereocenters. The fourth-order valence-corrected chi connectivity index (χ4v) is 2.14. The Labute approximate surface area is 154 Å². The van der Waals surface area contributed by atoms with E-state index in [2.05, 4.69) is 5.32 Å². The maximum Gasteiger partial charge on any atom is 0.416 e. The highest BCUT2D eigenvalue weighted by Crippen LogP contribution is 2.29. The molecule has 0 bridgehead atoms. The van der Waals surface area contributed by atoms with Crippen LogP contribution in [-0.2, 0) is 11.0 Å². The highest BCUT2D eigenvalue weighted by molar-refractivity contribution is 6.02. The van der Waals surface area contributed by atoms with Gasteiger partial charge in [0.25, 0.3) is 0 Å². The van der Waals surface area contributed by atoms with Crippen LogP contribution in [0.1, 0.15) is 24.0 Å². The van der Waals surface area contributed by atoms with Crippen LogP contribution in [0.4, 0.5) is 18.9 Å². The van der Waals surface area contributed by atoms with Gasteiger partial charge in [-0.2, -0.15) is 18.4 Å². The minimum Gasteiger partial charge on any atom is -0.493 e. The fraction of sp³-hybridized carbons (Fsp3) is 0.200. The van der Waals surface area contributed by atoms with Crippen LogP contribution in [0.15, 0.2) is 54.6 Å². The molecule has 0 spiro atoms. The summed E-state index contributed by atoms with van der Waals surface area (Å²) in [7, 11) is 0. The molecule has 0 saturated heterocycles. The van der Waals surface area contributed by atoms with Crippen molar-refractivity contribution in [3.63, 3.8) is 0 Å². The number of alkyl halides is 3. The Morgan fingerprint density at radius 2 is 1.93 bits per heavy atom. The minimum absolute atomic E-state index is 0.402. The summed E-state index contributed by atoms with van der Waals surface area (Å²) in [5.74, 6) is 0.147. The molecule has 2 rings (SSSR count). The number of benzene rings is 2. The first-order valence-corrected chi connectivity index (χ1v) is 8.14. The SMILES string of the molecule is N#CCCCOc1cccc(NC(=O)C=Cc2ccc(C(F)(F)F)cc2)c1. The van der Waals surface area contributed by atoms with E-state index in [1.807, 2.05) is 6.07 Å². The second-order valence-electron chi connectivity index (χ2n) is 5.58. The predicted octanol–water partition coefficient (Wildman–Crippen LogP) is 5.04. The number of rotatable bonds is 7. The van der Waals surface area contributed by atoms with Gasteiger partial charge in [0.15, 0.2) is 0 Å². The number of amides is 1. The second-order valence-corrected chi connectivity index (χ2v) is 5.58. The number of nitriles is 1. The second kappa shape index (κ2) is 9.43. The Hall–Kier alpha value is -3.27. The number of hydrogen-bond donors (Lipinski definition) is 1. The molecule has 140 valence electrons. The number of halogens is 3. The third-order valence-corrected chi connectivity index (χ3v) is 3.47. The smallest absolute Gasteiger partial charge is 0.416 e. The monoisotopic (exact) mass is 374 g/mol. The molecule has 0 aromatic heterocycles. The Kier molecular flexibility index (Phi) is 7.00. The van der Waals surface area contributed by atoms with E-state index in [0.29, 0.717) is 36.4 Å². The fourth-order valence-electron chi connectivity index (χ4n) is 2.14. The Morgan fingerprint density at radius 1 is 1.19 bits per heavy atom. The maximum atomic E-state index is 12.5. The van der Waals surface area contributed by atoms with Crippen LogP contribution in [0.25, 0.3) is 6.08 Å². The number of carbonyl (C=O) groups is 1. The van der Waals surface area contributed by atoms with E-state index >= 15 is 0 Å². The molecule has 1 amide bonds. The van der Waals surface area contributed by atoms with Crippen LogP contribution < -0.4 is 10.1 Å². The quantitative estimate of drug-likeness (QED) is 0.546. The van der Waals surface area contributed by atoms with Crippen molar-refractivity contribution in [3.8, 4) is 11.8 Å². The topological polar surface area (TPSA) is 62.1 Å². The molecule has 0 aliphatic rings. The van der Waals surface area contributed by atoms with E-state index in [1.54, 1.807) is 24.3 Å². The normalized spacial score (nSPS) is 11.2. The average molecular weight is 374 g/mol. The molecule has 7 heteroatoms. The highest BCUT2D eigenvalue weighted by Gasteiger charge is 2.29. The number of carbonyl (C=O) groups excluding carboxylic acids is 1. The molecule has 0 fully saturated rings. The molecule has 2 aromatic rings. The van der Waals surface area contributed by atoms with Gasteiger partial charge in [-0.25, -0.2) is 0 Å². The summed E-state index contributed by atoms with van der Waals surface area (Å²) in [5, 5.41) is 11.1. The lowest BCUT2D eigenvalue weighted by atomic mass is 10.1. The van der Waals surface area contributed by atoms with Crippen molar-refractivity contribution in [2.45, 2.75) is 19.0 Å². The summed E-state index contributed by atoms with van der Waals surface area (Å²) in [6.45, 7) is 0.402. The molecule has 0 saturated carbocycles. The molecule has 0 radical (unpaired) electrons. The summed E-state index contributed by atoms with van der Waals surface area (Å²) in [5.41, 5.74) is 0.262. The number of nitrogens with zero attached hydrogens (tertiary/aromatic N) is 1. The van der Waals surface area contributed by atoms with Crippen molar-refractivity contribution >= 4 is 17.7 Å². The predicted molar refractivity (Wildman–Crippen MR) is 95.9 cm³/mol. The first-order valence-electron chi connectivity index (χ1n) is 8.14. The highest BCUT2D eigenvalue weighted by atomic mass is 19.4. The van der Waals surface area contributed by atoms with E-state index in [9.17, 15) is 18.0 Å². The van der Waals surface area contributed by atoms with Gasteiger partial charge in [-0.15, -0.1) is 0 Å². The maximum absolute atomic E-state index is 12.5. The van der Waals surface area contributed by atoms with E-state index in [-0.39, 0.29) is 0 Å². The van der Waals surface area contributed by atoms with Crippen LogP contribution in [0.5, 0.6) is 5.75 Å². The molecule has 4 nitrogen and oxygen atoms in total. The molecule has 0 heterocycles. The molecular formula is C20H17F3N2O2. The Morgan fingerprint density at radius 3 is 2.59 bits per heavy atom. The standard InChI is InChI=1S/C20H17F3N2O2/c21-20(22,23)16-9-6-15(7-10-16)8-11-19(26)25-17-4-3-5-18(14-17)27-13-2-1-12-24/h3-11,14H,1-2,13H2,(H,25,26). The van der Waals surface area contributed by atoms with E-state index in [0.717, 1.165) is 12.1 Å². The first kappa shape index (κ1) is 20.0. The van der Waals surface area contributed by atoms with Crippen LogP contribution in [0.2, 0.25) is 0 Å². The van der Waals surface area contributed by atoms with Crippen molar-refractivity contribution in [3.05, 3.63) is 65.7 Å². The lowest BCUT2D eigenvalue weighted by molar-refractivity contribution is -0.137. The molecule has 1 N–H and O–H groups in total. The molecular weight excluding hydrogens is 357 g/mol. The zero-order valence-electron chi connectivity index (χ0n) is 14.3. The van der Waals surface area contributed by atoms with Gasteiger partial charge in [0.05, 0.1) is 18.2 Å². The summed E-state index contributed by atoms with van der Waals surface area (Å²) in [4.78, 5) is 12.0. The van der Waals surface area contributed by atoms with Gasteiger partial charge in [0.1, 0.15) is 5.75 Å². The lowest BCUT2D eigenvalue weighted by Crippen LogP contribution is -2.08. The summed E-state index contributed by atoms with van der Waals surface area (Å²) >= 11 is 0. The van der Waals surface area contributed by atoms with Gasteiger partial charge < -0.3 is 10.1 Å². The van der Waals surface area contributed by atoms with Gasteiger partial charge >= 0.3 is 6.18 Å². The zero-order chi connectivity index (χ0) is 19.7. The molecule has 27 heavy (non-hydrogen) atoms. The van der Waals surface area contributed by atoms with Gasteiger partial charge in [-0.05, 0) is 42.3 Å². The first-order chi connectivity index (χ1) is 12.9. The average Bonchev–Trinajstić information content (AvgIpc) is 2.63. The van der Waals surface area contributed by atoms with Crippen molar-refractivity contribution in [2.24, 2.45) is 0 Å². The largest absolute Gasteiger partial charge is 0.493 e. The van der Waals surface area contributed by atoms with Crippen molar-refractivity contribution in [1.82, 2.24) is 0 Å². The van der Waals surface area contributed by atoms with E-state index < -0.39 is 17.6 Å². The van der Waals surface area contributed by atoms with E-state index in [4.69, 9.17) is 10.00 Å². The van der Waals surface area contributed by atoms with E-state index in [1.165, 1.54) is 24.3 Å². The molecule has 2 aromatic carbocycles. The van der Waals surface area contributed by atoms with Gasteiger partial charge in [-0.1, -0.05) is 18.2 Å². The van der Waals surface area contributed by atoms with Crippen molar-refractivity contribution in [2.75, 3.05) is 11.9 Å². The number of ether oxygens (including phenoxy) is 1. The number of nitrogens with one attached hydrogen (secondary N) is 1. The lowest BCUT2D eigenvalue weighted by Gasteiger charge is -2.08. The molecule has 0 aliphatic heterocycles. The van der Waals surface area contributed by atoms with Crippen LogP contribution in [0.3, 0.4) is 0 Å². The van der Waals surface area contributed by atoms with Crippen LogP contribution in [-0.4, -0.2) is 12.5 Å². The summed E-state index contributed by atoms with van der Waals surface area (Å²) in [6, 6.07) is 13.3. The summed E-state index contributed by atoms with van der Waals surface area (Å²) < 4.78 is 43.0. The molecule has 0 aliphatic carbocycles. The van der Waals surface area contributed by atoms with Crippen LogP contribution >= 0.6 is 0 Å². The molecule has 0 atom stereocenters. The zero-order valence-corrected chi connectivity index (χ0v) is 14.3. The van der Waals surface area contributed by atoms with Gasteiger partial charge in [0.2, 0.25) is 5.91 Å². The Bertz CT molecular complexity index is 838. The summed E-state index contributed by atoms with van der Waals surface area (Å²) in [6.07, 6.45) is -0.698. The van der Waals surface area contributed by atoms with Crippen molar-refractivity contribution < 1.29 is 22.7 Å². The third-order valence-electron chi connectivity index (χ3n) is 3.47. The number of unbranched alkanes of at least 4 members (excludes halogenated alkanes) is 1. The van der Waals surface area contributed by atoms with Crippen molar-refractivity contribution in [1.29, 1.82) is 5.26 Å².